The van der Waals surface area contributed by atoms with Crippen LogP contribution >= 0.6 is 0 Å². The van der Waals surface area contributed by atoms with Crippen molar-refractivity contribution in [2.45, 2.75) is 105 Å². The van der Waals surface area contributed by atoms with Crippen LogP contribution in [0.4, 0.5) is 5.69 Å². The Morgan fingerprint density at radius 1 is 0.722 bits per heavy atom. The fourth-order valence-corrected chi connectivity index (χ4v) is 14.0. The summed E-state index contributed by atoms with van der Waals surface area (Å²) in [5.41, 5.74) is 12.3. The van der Waals surface area contributed by atoms with Crippen LogP contribution in [0, 0.1) is 13.5 Å². The smallest absolute Gasteiger partial charge is 0.299 e. The van der Waals surface area contributed by atoms with Gasteiger partial charge in [0.25, 0.3) is 5.82 Å². The first-order valence-corrected chi connectivity index (χ1v) is 22.0. The molecule has 2 aromatic heterocycles. The number of furan rings is 1. The van der Waals surface area contributed by atoms with Crippen LogP contribution in [0.1, 0.15) is 97.8 Å². The van der Waals surface area contributed by atoms with Crippen LogP contribution in [-0.2, 0) is 7.05 Å². The Kier molecular flexibility index (Phi) is 9.09. The molecule has 0 spiro atoms. The lowest BCUT2D eigenvalue weighted by Gasteiger charge is -2.50. The molecule has 0 radical (unpaired) electrons. The maximum atomic E-state index is 8.50. The molecule has 0 aliphatic carbocycles. The summed E-state index contributed by atoms with van der Waals surface area (Å²) in [6.07, 6.45) is 0. The first-order valence-electron chi connectivity index (χ1n) is 19.5. The lowest BCUT2D eigenvalue weighted by Crippen LogP contribution is -2.58. The number of aromatic nitrogens is 2. The zero-order chi connectivity index (χ0) is 39.1. The summed E-state index contributed by atoms with van der Waals surface area (Å²) >= 11 is 0. The van der Waals surface area contributed by atoms with Crippen LogP contribution in [0.2, 0.25) is 16.6 Å². The molecule has 5 heteroatoms. The molecule has 54 heavy (non-hydrogen) atoms. The molecule has 0 bridgehead atoms. The van der Waals surface area contributed by atoms with E-state index in [0.29, 0.717) is 23.1 Å². The molecular formula is C49H56N3OSi+. The van der Waals surface area contributed by atoms with Gasteiger partial charge >= 0.3 is 0 Å². The van der Waals surface area contributed by atoms with Gasteiger partial charge in [-0.25, -0.2) is 9.41 Å². The molecule has 0 saturated heterocycles. The Balaban J connectivity index is 1.50. The third-order valence-electron chi connectivity index (χ3n) is 12.7. The number of nitrogens with zero attached hydrogens (tertiary/aromatic N) is 3. The number of hydrogen-bond acceptors (Lipinski definition) is 1. The third-order valence-corrected chi connectivity index (χ3v) is 20.2. The number of rotatable bonds is 6. The second kappa shape index (κ2) is 13.1. The Bertz CT molecular complexity index is 2570. The highest BCUT2D eigenvalue weighted by Gasteiger charge is 2.50. The highest BCUT2D eigenvalue weighted by atomic mass is 28.3. The molecule has 4 nitrogen and oxygen atoms in total. The number of benzene rings is 5. The summed E-state index contributed by atoms with van der Waals surface area (Å²) in [6, 6.07) is 33.2. The second-order valence-corrected chi connectivity index (χ2v) is 24.0. The van der Waals surface area contributed by atoms with Gasteiger partial charge in [-0.1, -0.05) is 160 Å². The standard InChI is InChI=1S/C49H56N3OSi/c1-30(2)35-18-17-19-36(31(3)4)44(35)52-41-21-16-15-20-40(41)51(13)47(52)42-32(5)22-27-38-39-29-28-37(43(50-12)46(39)53-45(38)42)33-23-25-34(26-24-33)54(14,48(6,7)8)49(9,10)11/h15-31H,1-11,13-14H3/q+1. The van der Waals surface area contributed by atoms with Gasteiger partial charge < -0.3 is 4.42 Å². The van der Waals surface area contributed by atoms with E-state index in [1.807, 2.05) is 0 Å². The predicted molar refractivity (Wildman–Crippen MR) is 232 cm³/mol. The summed E-state index contributed by atoms with van der Waals surface area (Å²) in [6.45, 7) is 36.7. The van der Waals surface area contributed by atoms with Crippen molar-refractivity contribution < 1.29 is 8.98 Å². The first-order chi connectivity index (χ1) is 25.4. The van der Waals surface area contributed by atoms with Crippen molar-refractivity contribution in [3.8, 4) is 28.2 Å². The third kappa shape index (κ3) is 5.56. The molecule has 0 atom stereocenters. The molecule has 0 aliphatic heterocycles. The van der Waals surface area contributed by atoms with Gasteiger partial charge in [0.1, 0.15) is 22.4 Å². The highest BCUT2D eigenvalue weighted by Crippen LogP contribution is 2.51. The van der Waals surface area contributed by atoms with Gasteiger partial charge in [0.05, 0.1) is 21.7 Å². The summed E-state index contributed by atoms with van der Waals surface area (Å²) in [5, 5.41) is 3.81. The minimum atomic E-state index is -1.93. The van der Waals surface area contributed by atoms with Crippen LogP contribution < -0.4 is 9.75 Å². The van der Waals surface area contributed by atoms with E-state index in [1.165, 1.54) is 22.0 Å². The molecule has 0 unspecified atom stereocenters. The largest absolute Gasteiger partial charge is 0.466 e. The number of imidazole rings is 1. The van der Waals surface area contributed by atoms with Crippen LogP contribution in [0.15, 0.2) is 95.4 Å². The van der Waals surface area contributed by atoms with Gasteiger partial charge in [0.15, 0.2) is 11.0 Å². The average molecular weight is 731 g/mol. The predicted octanol–water partition coefficient (Wildman–Crippen LogP) is 13.7. The molecule has 0 amide bonds. The molecule has 0 saturated carbocycles. The summed E-state index contributed by atoms with van der Waals surface area (Å²) in [7, 11) is 0.234. The van der Waals surface area contributed by atoms with Crippen molar-refractivity contribution in [2.75, 3.05) is 0 Å². The van der Waals surface area contributed by atoms with E-state index in [1.54, 1.807) is 0 Å². The normalized spacial score (nSPS) is 12.9. The topological polar surface area (TPSA) is 26.3 Å². The van der Waals surface area contributed by atoms with Gasteiger partial charge in [-0.15, -0.1) is 0 Å². The second-order valence-electron chi connectivity index (χ2n) is 18.2. The molecule has 7 rings (SSSR count). The average Bonchev–Trinajstić information content (AvgIpc) is 3.64. The Morgan fingerprint density at radius 3 is 1.87 bits per heavy atom. The summed E-state index contributed by atoms with van der Waals surface area (Å²) < 4.78 is 11.8. The van der Waals surface area contributed by atoms with Crippen molar-refractivity contribution >= 4 is 51.9 Å². The van der Waals surface area contributed by atoms with Crippen molar-refractivity contribution in [2.24, 2.45) is 7.05 Å². The highest BCUT2D eigenvalue weighted by molar-refractivity contribution is 6.95. The van der Waals surface area contributed by atoms with E-state index < -0.39 is 8.07 Å². The van der Waals surface area contributed by atoms with Gasteiger partial charge in [0.2, 0.25) is 5.69 Å². The van der Waals surface area contributed by atoms with Crippen molar-refractivity contribution in [3.05, 3.63) is 119 Å². The van der Waals surface area contributed by atoms with E-state index in [-0.39, 0.29) is 10.1 Å². The molecule has 0 aliphatic rings. The lowest BCUT2D eigenvalue weighted by atomic mass is 9.92. The Hall–Kier alpha value is -4.92. The maximum Gasteiger partial charge on any atom is 0.299 e. The van der Waals surface area contributed by atoms with Crippen LogP contribution in [0.3, 0.4) is 0 Å². The van der Waals surface area contributed by atoms with E-state index >= 15 is 0 Å². The van der Waals surface area contributed by atoms with Gasteiger partial charge in [0, 0.05) is 21.9 Å². The van der Waals surface area contributed by atoms with Crippen LogP contribution in [0.5, 0.6) is 0 Å². The monoisotopic (exact) mass is 730 g/mol. The van der Waals surface area contributed by atoms with E-state index in [4.69, 9.17) is 11.0 Å². The van der Waals surface area contributed by atoms with Gasteiger partial charge in [-0.05, 0) is 57.7 Å². The zero-order valence-corrected chi connectivity index (χ0v) is 35.6. The van der Waals surface area contributed by atoms with E-state index in [2.05, 4.69) is 195 Å². The maximum absolute atomic E-state index is 8.50. The quantitative estimate of drug-likeness (QED) is 0.0950. The van der Waals surface area contributed by atoms with Crippen LogP contribution in [0.25, 0.3) is 66.0 Å². The minimum Gasteiger partial charge on any atom is -0.466 e. The van der Waals surface area contributed by atoms with E-state index in [9.17, 15) is 0 Å². The minimum absolute atomic E-state index is 0.188. The van der Waals surface area contributed by atoms with Crippen molar-refractivity contribution in [1.82, 2.24) is 4.57 Å². The zero-order valence-electron chi connectivity index (χ0n) is 34.6. The number of para-hydroxylation sites is 3. The molecule has 7 aromatic rings. The number of hydrogen-bond donors (Lipinski definition) is 0. The SMILES string of the molecule is [C-]#[N+]c1c(-c2ccc([Si](C)(C(C)(C)C)C(C)(C)C)cc2)ccc2c1oc1c(-c3n(-c4c(C(C)C)cccc4C(C)C)c4ccccc4[n+]3C)c(C)ccc12. The molecule has 0 fully saturated rings. The van der Waals surface area contributed by atoms with Crippen molar-refractivity contribution in [3.63, 3.8) is 0 Å². The molecule has 276 valence electrons. The van der Waals surface area contributed by atoms with Gasteiger partial charge in [-0.3, -0.25) is 0 Å². The van der Waals surface area contributed by atoms with Crippen molar-refractivity contribution in [1.29, 1.82) is 0 Å². The molecule has 2 heterocycles. The fraction of sp³-hybridized carbons (Fsp3) is 0.347. The molecular weight excluding hydrogens is 675 g/mol. The lowest BCUT2D eigenvalue weighted by molar-refractivity contribution is -0.633. The number of fused-ring (bicyclic) bond motifs is 4. The fourth-order valence-electron chi connectivity index (χ4n) is 9.17. The number of aryl methyl sites for hydroxylation is 2. The Morgan fingerprint density at radius 2 is 1.30 bits per heavy atom. The van der Waals surface area contributed by atoms with E-state index in [0.717, 1.165) is 55.5 Å². The summed E-state index contributed by atoms with van der Waals surface area (Å²) in [4.78, 5) is 4.18. The molecule has 0 N–H and O–H groups in total. The first kappa shape index (κ1) is 37.4. The van der Waals surface area contributed by atoms with Crippen LogP contribution in [-0.4, -0.2) is 12.6 Å². The molecule has 5 aromatic carbocycles. The van der Waals surface area contributed by atoms with Gasteiger partial charge in [-0.2, -0.15) is 4.57 Å². The Labute approximate surface area is 323 Å². The summed E-state index contributed by atoms with van der Waals surface area (Å²) in [5.74, 6) is 1.72.